The van der Waals surface area contributed by atoms with Crippen LogP contribution in [0.5, 0.6) is 57.5 Å². The molecule has 8 aliphatic rings. The maximum absolute atomic E-state index is 14.0. The van der Waals surface area contributed by atoms with E-state index in [2.05, 4.69) is 10.3 Å². The Bertz CT molecular complexity index is 6060. The fraction of sp³-hybridized carbons (Fsp3) is 0.265. The summed E-state index contributed by atoms with van der Waals surface area (Å²) in [5, 5.41) is 13.2. The molecule has 0 radical (unpaired) electrons. The standard InChI is InChI=1S/C54H50N6O8S2.C47H42N4O9.CH2Cl2/c1-64-47-26-41-43(57-30-38-24-36-11-3-5-13-45(36)59(38)53(41)62)28-49(47)67-32-34-21-35(23-40(22-34)66-19-10-8-15-51(61)55-18-20-69-70-52-16-7-9-17-56-52)33-68-50-29-44-42(27-48(50)65-2)54(63)60-39(31-58-44)25-37-12-4-6-14-46(37)60;1-56-41-20-35-37(48-24-32-18-30-9-3-5-11-39(30)50(32)46(35)54)22-43(41)59-26-28-15-29(17-34(16-28)58-14-8-7-13-45(52)53)27-60-44-23-38-36(21-42(44)57-2)47(55)51-33(25-49-38)19-31-10-4-6-12-40(31)51;2-1-3/h3-7,9,11-14,16-17,21-23,26-31,38-39H,8,10,15,18-20,24-25,32-33H2,1-2H3,(H,55,61);3-6,9-12,15-17,20-25,32-33H,7-8,13-14,18-19,26-27H2,1-2H3,(H,52,53);1H2/t38-,39-;32-,33-;/m00./s1. The van der Waals surface area contributed by atoms with Gasteiger partial charge in [0, 0.05) is 129 Å². The number of hydrogen-bond donors (Lipinski definition) is 2. The normalized spacial score (nSPS) is 16.1. The number of carbonyl (C=O) groups is 6. The molecule has 0 saturated heterocycles. The SMILES string of the molecule is COc1cc2c(cc1OCc1cc(COc3cc4c(cc3OC)C(=O)N3c5ccccc5C[C@H]3C=N4)cc(OCCCCC(=O)NCCSSc3ccccn3)c1)N=C[C@@H]1Cc3ccccc3N1C2=O.COc1cc2c(cc1OCc1cc(COc3cc4c(cc3OC)C(=O)N3c5ccccc5C[C@H]3C=N4)cc(OCCCCC(=O)O)c1)N=C[C@@H]1Cc3ccccc3N1C2=O.ClCCl. The molecule has 0 unspecified atom stereocenters. The number of carboxylic acid groups (broad SMARTS) is 1. The van der Waals surface area contributed by atoms with Gasteiger partial charge in [0.2, 0.25) is 5.91 Å². The Morgan fingerprint density at radius 2 is 0.714 bits per heavy atom. The van der Waals surface area contributed by atoms with Crippen LogP contribution < -0.4 is 72.3 Å². The van der Waals surface area contributed by atoms with Crippen LogP contribution in [-0.4, -0.2) is 154 Å². The Kier molecular flexibility index (Phi) is 28.8. The molecule has 0 bridgehead atoms. The van der Waals surface area contributed by atoms with Gasteiger partial charge in [-0.05, 0) is 178 Å². The molecule has 31 heteroatoms. The number of methoxy groups -OCH3 is 4. The number of benzene rings is 10. The zero-order valence-electron chi connectivity index (χ0n) is 73.3. The van der Waals surface area contributed by atoms with Gasteiger partial charge in [0.25, 0.3) is 23.6 Å². The molecule has 4 atom stereocenters. The maximum Gasteiger partial charge on any atom is 0.303 e. The van der Waals surface area contributed by atoms with Crippen LogP contribution in [0.4, 0.5) is 45.5 Å². The topological polar surface area (TPSA) is 302 Å². The number of pyridine rings is 1. The number of alkyl halides is 2. The van der Waals surface area contributed by atoms with Gasteiger partial charge in [0.1, 0.15) is 43.0 Å². The van der Waals surface area contributed by atoms with Crippen LogP contribution in [0.25, 0.3) is 0 Å². The van der Waals surface area contributed by atoms with Gasteiger partial charge in [-0.1, -0.05) is 89.7 Å². The highest BCUT2D eigenvalue weighted by molar-refractivity contribution is 8.76. The first-order valence-electron chi connectivity index (χ1n) is 43.6. The largest absolute Gasteiger partial charge is 0.494 e. The first-order valence-corrected chi connectivity index (χ1v) is 47.0. The molecular weight excluding hydrogens is 1770 g/mol. The molecule has 8 aliphatic heterocycles. The summed E-state index contributed by atoms with van der Waals surface area (Å²) in [4.78, 5) is 110. The Balaban J connectivity index is 0.000000182. The van der Waals surface area contributed by atoms with E-state index in [-0.39, 0.29) is 91.9 Å². The van der Waals surface area contributed by atoms with E-state index >= 15 is 0 Å². The van der Waals surface area contributed by atoms with E-state index in [0.717, 1.165) is 78.0 Å². The summed E-state index contributed by atoms with van der Waals surface area (Å²) >= 11 is 9.53. The number of unbranched alkanes of at least 4 members (excludes halogenated alkanes) is 2. The molecule has 11 aromatic rings. The highest BCUT2D eigenvalue weighted by Gasteiger charge is 2.42. The first kappa shape index (κ1) is 91.0. The Morgan fingerprint density at radius 3 is 1.02 bits per heavy atom. The van der Waals surface area contributed by atoms with Crippen LogP contribution in [0, 0.1) is 0 Å². The fourth-order valence-corrected chi connectivity index (χ4v) is 19.1. The second-order valence-corrected chi connectivity index (χ2v) is 35.4. The zero-order valence-corrected chi connectivity index (χ0v) is 76.4. The third kappa shape index (κ3) is 20.6. The van der Waals surface area contributed by atoms with E-state index in [1.807, 2.05) is 177 Å². The van der Waals surface area contributed by atoms with Crippen LogP contribution in [0.1, 0.15) is 124 Å². The minimum absolute atomic E-state index is 0.00461. The summed E-state index contributed by atoms with van der Waals surface area (Å²) in [5.74, 6) is 3.72. The lowest BCUT2D eigenvalue weighted by molar-refractivity contribution is -0.137. The number of ether oxygens (including phenoxy) is 10. The summed E-state index contributed by atoms with van der Waals surface area (Å²) in [6.07, 6.45) is 14.6. The number of carbonyl (C=O) groups excluding carboxylic acids is 5. The molecule has 27 nitrogen and oxygen atoms in total. The average molecular weight is 1870 g/mol. The van der Waals surface area contributed by atoms with Gasteiger partial charge >= 0.3 is 5.97 Å². The molecule has 2 N–H and O–H groups in total. The van der Waals surface area contributed by atoms with Gasteiger partial charge in [0.05, 0.1) is 116 Å². The number of rotatable bonds is 33. The van der Waals surface area contributed by atoms with Crippen molar-refractivity contribution >= 4 is 151 Å². The van der Waals surface area contributed by atoms with Gasteiger partial charge in [-0.2, -0.15) is 0 Å². The van der Waals surface area contributed by atoms with Crippen LogP contribution in [0.3, 0.4) is 0 Å². The summed E-state index contributed by atoms with van der Waals surface area (Å²) < 4.78 is 61.1. The minimum Gasteiger partial charge on any atom is -0.494 e. The molecule has 0 saturated carbocycles. The van der Waals surface area contributed by atoms with Gasteiger partial charge in [0.15, 0.2) is 46.0 Å². The summed E-state index contributed by atoms with van der Waals surface area (Å²) in [5.41, 5.74) is 14.7. The molecule has 10 aromatic carbocycles. The third-order valence-electron chi connectivity index (χ3n) is 23.6. The molecule has 1 aromatic heterocycles. The van der Waals surface area contributed by atoms with Crippen molar-refractivity contribution in [2.45, 2.75) is 120 Å². The first-order chi connectivity index (χ1) is 65.0. The molecule has 5 amide bonds. The number of hydrogen-bond acceptors (Lipinski definition) is 23. The quantitative estimate of drug-likeness (QED) is 0.0219. The minimum atomic E-state index is -0.850. The number of fused-ring (bicyclic) bond motifs is 16. The summed E-state index contributed by atoms with van der Waals surface area (Å²) in [7, 11) is 9.40. The van der Waals surface area contributed by atoms with Gasteiger partial charge < -0.3 is 57.8 Å². The van der Waals surface area contributed by atoms with Crippen LogP contribution in [-0.2, 0) is 61.7 Å². The van der Waals surface area contributed by atoms with E-state index in [9.17, 15) is 28.8 Å². The highest BCUT2D eigenvalue weighted by Crippen LogP contribution is 2.48. The van der Waals surface area contributed by atoms with E-state index in [0.29, 0.717) is 180 Å². The number of nitrogens with one attached hydrogen (secondary N) is 1. The van der Waals surface area contributed by atoms with Crippen molar-refractivity contribution < 1.29 is 81.2 Å². The van der Waals surface area contributed by atoms with Gasteiger partial charge in [-0.25, -0.2) is 4.98 Å². The number of carboxylic acids is 1. The van der Waals surface area contributed by atoms with Crippen molar-refractivity contribution in [1.29, 1.82) is 0 Å². The molecule has 0 fully saturated rings. The van der Waals surface area contributed by atoms with Crippen molar-refractivity contribution in [3.05, 3.63) is 273 Å². The second-order valence-electron chi connectivity index (χ2n) is 32.1. The number of aliphatic imine (C=N–C) groups is 4. The molecule has 0 aliphatic carbocycles. The molecule has 680 valence electrons. The number of anilines is 4. The Morgan fingerprint density at radius 1 is 0.398 bits per heavy atom. The van der Waals surface area contributed by atoms with Crippen LogP contribution in [0.2, 0.25) is 0 Å². The van der Waals surface area contributed by atoms with Gasteiger partial charge in [-0.15, -0.1) is 23.2 Å². The Hall–Kier alpha value is -13.9. The zero-order chi connectivity index (χ0) is 92.0. The number of aliphatic carboxylic acids is 1. The average Bonchev–Trinajstić information content (AvgIpc) is 1.63. The molecule has 0 spiro atoms. The van der Waals surface area contributed by atoms with Crippen molar-refractivity contribution in [3.63, 3.8) is 0 Å². The Labute approximate surface area is 786 Å². The molecule has 133 heavy (non-hydrogen) atoms. The second kappa shape index (κ2) is 42.1. The van der Waals surface area contributed by atoms with Crippen LogP contribution in [0.15, 0.2) is 231 Å². The van der Waals surface area contributed by atoms with Gasteiger partial charge in [-0.3, -0.25) is 68.3 Å². The van der Waals surface area contributed by atoms with E-state index in [1.165, 1.54) is 14.2 Å². The molecule has 19 rings (SSSR count). The van der Waals surface area contributed by atoms with Crippen molar-refractivity contribution in [2.75, 3.05) is 78.9 Å². The number of aromatic nitrogens is 1. The van der Waals surface area contributed by atoms with Crippen molar-refractivity contribution in [3.8, 4) is 57.5 Å². The maximum atomic E-state index is 14.0. The lowest BCUT2D eigenvalue weighted by atomic mass is 10.1. The highest BCUT2D eigenvalue weighted by atomic mass is 35.5. The molecular formula is C102H94Cl2N10O17S2. The number of para-hydroxylation sites is 4. The lowest BCUT2D eigenvalue weighted by Gasteiger charge is -2.22. The number of halogens is 2. The number of nitrogens with zero attached hydrogens (tertiary/aromatic N) is 9. The monoisotopic (exact) mass is 1860 g/mol. The smallest absolute Gasteiger partial charge is 0.303 e. The third-order valence-corrected chi connectivity index (χ3v) is 25.8. The summed E-state index contributed by atoms with van der Waals surface area (Å²) in [6, 6.07) is 61.8. The van der Waals surface area contributed by atoms with Crippen molar-refractivity contribution in [1.82, 2.24) is 10.3 Å². The molecule has 9 heterocycles. The van der Waals surface area contributed by atoms with Crippen molar-refractivity contribution in [2.24, 2.45) is 20.0 Å². The van der Waals surface area contributed by atoms with E-state index < -0.39 is 5.97 Å². The fourth-order valence-electron chi connectivity index (χ4n) is 17.3. The van der Waals surface area contributed by atoms with Crippen LogP contribution >= 0.6 is 44.8 Å². The van der Waals surface area contributed by atoms with E-state index in [4.69, 9.17) is 95.6 Å². The predicted octanol–water partition coefficient (Wildman–Crippen LogP) is 19.4. The summed E-state index contributed by atoms with van der Waals surface area (Å²) in [6.45, 7) is 1.74. The number of amides is 5. The predicted molar refractivity (Wildman–Crippen MR) is 516 cm³/mol. The lowest BCUT2D eigenvalue weighted by Crippen LogP contribution is -2.37. The van der Waals surface area contributed by atoms with E-state index in [1.54, 1.807) is 110 Å².